The molecule has 0 aliphatic carbocycles. The van der Waals surface area contributed by atoms with Crippen LogP contribution in [0.4, 0.5) is 0 Å². The van der Waals surface area contributed by atoms with E-state index in [0.29, 0.717) is 0 Å². The van der Waals surface area contributed by atoms with Crippen molar-refractivity contribution in [2.75, 3.05) is 13.7 Å². The van der Waals surface area contributed by atoms with Crippen molar-refractivity contribution >= 4 is 6.08 Å². The summed E-state index contributed by atoms with van der Waals surface area (Å²) in [6.07, 6.45) is 2.89. The molecule has 1 aromatic rings. The number of ether oxygens (including phenoxy) is 1. The highest BCUT2D eigenvalue weighted by molar-refractivity contribution is 5.51. The highest BCUT2D eigenvalue weighted by Crippen LogP contribution is 2.13. The van der Waals surface area contributed by atoms with E-state index in [2.05, 4.69) is 0 Å². The van der Waals surface area contributed by atoms with Crippen molar-refractivity contribution in [2.24, 2.45) is 5.92 Å². The maximum absolute atomic E-state index is 9.61. The molecule has 0 aromatic heterocycles. The van der Waals surface area contributed by atoms with Crippen LogP contribution in [-0.2, 0) is 0 Å². The molecular weight excluding hydrogens is 204 g/mol. The molecule has 1 rings (SSSR count). The SMILES string of the molecule is COc1ccc(/C=C/[C@H](O)[C@@H](C)CO)cc1. The van der Waals surface area contributed by atoms with Gasteiger partial charge in [0, 0.05) is 12.5 Å². The first-order chi connectivity index (χ1) is 7.67. The van der Waals surface area contributed by atoms with Crippen molar-refractivity contribution in [2.45, 2.75) is 13.0 Å². The quantitative estimate of drug-likeness (QED) is 0.797. The van der Waals surface area contributed by atoms with Gasteiger partial charge in [-0.3, -0.25) is 0 Å². The molecule has 0 aliphatic heterocycles. The minimum absolute atomic E-state index is 0.0197. The predicted molar refractivity (Wildman–Crippen MR) is 64.3 cm³/mol. The molecule has 3 heteroatoms. The standard InChI is InChI=1S/C13H18O3/c1-10(9-14)13(15)8-5-11-3-6-12(16-2)7-4-11/h3-8,10,13-15H,9H2,1-2H3/b8-5+/t10-,13-/m0/s1. The van der Waals surface area contributed by atoms with Gasteiger partial charge in [-0.1, -0.05) is 31.2 Å². The lowest BCUT2D eigenvalue weighted by atomic mass is 10.0. The summed E-state index contributed by atoms with van der Waals surface area (Å²) in [4.78, 5) is 0. The Morgan fingerprint density at radius 2 is 1.94 bits per heavy atom. The first kappa shape index (κ1) is 12.7. The molecule has 3 nitrogen and oxygen atoms in total. The van der Waals surface area contributed by atoms with Gasteiger partial charge in [0.05, 0.1) is 13.2 Å². The van der Waals surface area contributed by atoms with Gasteiger partial charge in [0.15, 0.2) is 0 Å². The van der Waals surface area contributed by atoms with E-state index in [1.165, 1.54) is 0 Å². The second-order valence-corrected chi connectivity index (χ2v) is 3.78. The third-order valence-electron chi connectivity index (χ3n) is 2.47. The Hall–Kier alpha value is -1.32. The molecular formula is C13H18O3. The Morgan fingerprint density at radius 3 is 2.44 bits per heavy atom. The van der Waals surface area contributed by atoms with Crippen LogP contribution in [0.2, 0.25) is 0 Å². The summed E-state index contributed by atoms with van der Waals surface area (Å²) in [5.41, 5.74) is 0.991. The monoisotopic (exact) mass is 222 g/mol. The first-order valence-corrected chi connectivity index (χ1v) is 5.28. The van der Waals surface area contributed by atoms with E-state index in [0.717, 1.165) is 11.3 Å². The van der Waals surface area contributed by atoms with Crippen molar-refractivity contribution in [3.63, 3.8) is 0 Å². The minimum Gasteiger partial charge on any atom is -0.497 e. The van der Waals surface area contributed by atoms with Gasteiger partial charge in [-0.25, -0.2) is 0 Å². The van der Waals surface area contributed by atoms with Crippen molar-refractivity contribution in [1.29, 1.82) is 0 Å². The summed E-state index contributed by atoms with van der Waals surface area (Å²) in [6, 6.07) is 7.54. The average Bonchev–Trinajstić information content (AvgIpc) is 2.35. The number of benzene rings is 1. The lowest BCUT2D eigenvalue weighted by Crippen LogP contribution is -2.17. The minimum atomic E-state index is -0.618. The molecule has 0 aliphatic rings. The zero-order valence-electron chi connectivity index (χ0n) is 9.63. The molecule has 0 unspecified atom stereocenters. The van der Waals surface area contributed by atoms with Crippen LogP contribution < -0.4 is 4.74 Å². The second-order valence-electron chi connectivity index (χ2n) is 3.78. The summed E-state index contributed by atoms with van der Waals surface area (Å²) in [7, 11) is 1.62. The summed E-state index contributed by atoms with van der Waals surface area (Å²) in [5, 5.41) is 18.5. The Bertz CT molecular complexity index is 330. The molecule has 16 heavy (non-hydrogen) atoms. The second kappa shape index (κ2) is 6.30. The molecule has 0 bridgehead atoms. The summed E-state index contributed by atoms with van der Waals surface area (Å²) in [6.45, 7) is 1.77. The maximum Gasteiger partial charge on any atom is 0.118 e. The van der Waals surface area contributed by atoms with Gasteiger partial charge in [0.1, 0.15) is 5.75 Å². The van der Waals surface area contributed by atoms with E-state index < -0.39 is 6.10 Å². The highest BCUT2D eigenvalue weighted by atomic mass is 16.5. The average molecular weight is 222 g/mol. The molecule has 1 aromatic carbocycles. The van der Waals surface area contributed by atoms with Gasteiger partial charge in [-0.05, 0) is 17.7 Å². The van der Waals surface area contributed by atoms with Gasteiger partial charge in [0.25, 0.3) is 0 Å². The van der Waals surface area contributed by atoms with Gasteiger partial charge in [0.2, 0.25) is 0 Å². The lowest BCUT2D eigenvalue weighted by molar-refractivity contribution is 0.112. The maximum atomic E-state index is 9.61. The number of rotatable bonds is 5. The van der Waals surface area contributed by atoms with E-state index in [4.69, 9.17) is 9.84 Å². The largest absolute Gasteiger partial charge is 0.497 e. The molecule has 0 heterocycles. The normalized spacial score (nSPS) is 15.0. The molecule has 0 fully saturated rings. The smallest absolute Gasteiger partial charge is 0.118 e. The Morgan fingerprint density at radius 1 is 1.31 bits per heavy atom. The van der Waals surface area contributed by atoms with Crippen molar-refractivity contribution in [1.82, 2.24) is 0 Å². The predicted octanol–water partition coefficient (Wildman–Crippen LogP) is 1.70. The Balaban J connectivity index is 2.61. The van der Waals surface area contributed by atoms with Crippen molar-refractivity contribution in [3.05, 3.63) is 35.9 Å². The highest BCUT2D eigenvalue weighted by Gasteiger charge is 2.08. The van der Waals surface area contributed by atoms with Crippen LogP contribution in [0.3, 0.4) is 0 Å². The van der Waals surface area contributed by atoms with Crippen LogP contribution in [0, 0.1) is 5.92 Å². The topological polar surface area (TPSA) is 49.7 Å². The van der Waals surface area contributed by atoms with E-state index in [-0.39, 0.29) is 12.5 Å². The van der Waals surface area contributed by atoms with E-state index in [1.54, 1.807) is 20.1 Å². The molecule has 0 saturated carbocycles. The van der Waals surface area contributed by atoms with Crippen LogP contribution in [0.1, 0.15) is 12.5 Å². The molecule has 2 atom stereocenters. The number of methoxy groups -OCH3 is 1. The Labute approximate surface area is 96.0 Å². The van der Waals surface area contributed by atoms with Gasteiger partial charge >= 0.3 is 0 Å². The zero-order chi connectivity index (χ0) is 12.0. The lowest BCUT2D eigenvalue weighted by Gasteiger charge is -2.11. The fraction of sp³-hybridized carbons (Fsp3) is 0.385. The Kier molecular flexibility index (Phi) is 5.02. The molecule has 88 valence electrons. The van der Waals surface area contributed by atoms with Crippen LogP contribution in [0.5, 0.6) is 5.75 Å². The van der Waals surface area contributed by atoms with Crippen molar-refractivity contribution in [3.8, 4) is 5.75 Å². The van der Waals surface area contributed by atoms with Gasteiger partial charge < -0.3 is 14.9 Å². The van der Waals surface area contributed by atoms with Crippen molar-refractivity contribution < 1.29 is 14.9 Å². The van der Waals surface area contributed by atoms with E-state index in [1.807, 2.05) is 30.3 Å². The van der Waals surface area contributed by atoms with E-state index >= 15 is 0 Å². The van der Waals surface area contributed by atoms with Crippen LogP contribution in [0.25, 0.3) is 6.08 Å². The number of aliphatic hydroxyl groups is 2. The van der Waals surface area contributed by atoms with E-state index in [9.17, 15) is 5.11 Å². The molecule has 0 saturated heterocycles. The number of hydrogen-bond acceptors (Lipinski definition) is 3. The molecule has 0 radical (unpaired) electrons. The zero-order valence-corrected chi connectivity index (χ0v) is 9.63. The first-order valence-electron chi connectivity index (χ1n) is 5.28. The number of aliphatic hydroxyl groups excluding tert-OH is 2. The summed E-state index contributed by atoms with van der Waals surface area (Å²) >= 11 is 0. The molecule has 0 amide bonds. The van der Waals surface area contributed by atoms with Crippen LogP contribution >= 0.6 is 0 Å². The molecule has 0 spiro atoms. The fourth-order valence-electron chi connectivity index (χ4n) is 1.22. The summed E-state index contributed by atoms with van der Waals surface area (Å²) in [5.74, 6) is 0.663. The van der Waals surface area contributed by atoms with Crippen LogP contribution in [-0.4, -0.2) is 30.0 Å². The third kappa shape index (κ3) is 3.68. The molecule has 2 N–H and O–H groups in total. The summed E-state index contributed by atoms with van der Waals surface area (Å²) < 4.78 is 5.04. The van der Waals surface area contributed by atoms with Crippen LogP contribution in [0.15, 0.2) is 30.3 Å². The van der Waals surface area contributed by atoms with Gasteiger partial charge in [-0.2, -0.15) is 0 Å². The van der Waals surface area contributed by atoms with Gasteiger partial charge in [-0.15, -0.1) is 0 Å². The fourth-order valence-corrected chi connectivity index (χ4v) is 1.22. The number of hydrogen-bond donors (Lipinski definition) is 2. The third-order valence-corrected chi connectivity index (χ3v) is 2.47.